The number of piperidine rings is 1. The Morgan fingerprint density at radius 1 is 1.26 bits per heavy atom. The van der Waals surface area contributed by atoms with Gasteiger partial charge in [-0.2, -0.15) is 0 Å². The van der Waals surface area contributed by atoms with Gasteiger partial charge in [0.1, 0.15) is 0 Å². The van der Waals surface area contributed by atoms with Gasteiger partial charge < -0.3 is 20.7 Å². The first kappa shape index (κ1) is 13.3. The van der Waals surface area contributed by atoms with Gasteiger partial charge in [0, 0.05) is 19.7 Å². The number of ether oxygens (including phenoxy) is 1. The predicted octanol–water partition coefficient (Wildman–Crippen LogP) is -0.272. The van der Waals surface area contributed by atoms with Crippen LogP contribution in [0.15, 0.2) is 0 Å². The minimum Gasteiger partial charge on any atom is -0.380 e. The van der Waals surface area contributed by atoms with Gasteiger partial charge in [0.05, 0.1) is 12.0 Å². The lowest BCUT2D eigenvalue weighted by molar-refractivity contribution is -0.141. The van der Waals surface area contributed by atoms with Crippen molar-refractivity contribution in [1.82, 2.24) is 16.0 Å². The Labute approximate surface area is 114 Å². The molecule has 3 aliphatic rings. The summed E-state index contributed by atoms with van der Waals surface area (Å²) in [7, 11) is 0. The SMILES string of the molecule is O=C(NCC1CCNCC1)[C@]12CNC[C@H]1CCOC2. The predicted molar refractivity (Wildman–Crippen MR) is 72.8 cm³/mol. The van der Waals surface area contributed by atoms with Crippen LogP contribution in [-0.4, -0.2) is 51.8 Å². The van der Waals surface area contributed by atoms with E-state index in [9.17, 15) is 4.79 Å². The molecular weight excluding hydrogens is 242 g/mol. The molecule has 0 aromatic rings. The number of fused-ring (bicyclic) bond motifs is 1. The first-order valence-electron chi connectivity index (χ1n) is 7.59. The summed E-state index contributed by atoms with van der Waals surface area (Å²) < 4.78 is 5.59. The van der Waals surface area contributed by atoms with Crippen molar-refractivity contribution in [3.63, 3.8) is 0 Å². The van der Waals surface area contributed by atoms with Crippen LogP contribution in [0.3, 0.4) is 0 Å². The summed E-state index contributed by atoms with van der Waals surface area (Å²) >= 11 is 0. The lowest BCUT2D eigenvalue weighted by Gasteiger charge is -2.37. The molecule has 0 saturated carbocycles. The Morgan fingerprint density at radius 3 is 2.95 bits per heavy atom. The molecule has 0 unspecified atom stereocenters. The molecule has 3 aliphatic heterocycles. The number of rotatable bonds is 3. The third-order valence-electron chi connectivity index (χ3n) is 5.05. The van der Waals surface area contributed by atoms with Crippen LogP contribution in [0.4, 0.5) is 0 Å². The lowest BCUT2D eigenvalue weighted by atomic mass is 9.74. The molecule has 19 heavy (non-hydrogen) atoms. The third kappa shape index (κ3) is 2.64. The van der Waals surface area contributed by atoms with E-state index >= 15 is 0 Å². The van der Waals surface area contributed by atoms with Crippen LogP contribution in [-0.2, 0) is 9.53 Å². The summed E-state index contributed by atoms with van der Waals surface area (Å²) in [5, 5.41) is 9.93. The fourth-order valence-electron chi connectivity index (χ4n) is 3.67. The Balaban J connectivity index is 1.56. The Kier molecular flexibility index (Phi) is 4.05. The van der Waals surface area contributed by atoms with E-state index in [1.165, 1.54) is 12.8 Å². The van der Waals surface area contributed by atoms with Gasteiger partial charge >= 0.3 is 0 Å². The van der Waals surface area contributed by atoms with Crippen molar-refractivity contribution in [2.24, 2.45) is 17.3 Å². The number of amides is 1. The van der Waals surface area contributed by atoms with E-state index in [1.54, 1.807) is 0 Å². The highest BCUT2D eigenvalue weighted by molar-refractivity contribution is 5.84. The summed E-state index contributed by atoms with van der Waals surface area (Å²) in [5.74, 6) is 1.30. The van der Waals surface area contributed by atoms with Crippen LogP contribution in [0.2, 0.25) is 0 Å². The van der Waals surface area contributed by atoms with Crippen molar-refractivity contribution in [1.29, 1.82) is 0 Å². The molecule has 3 saturated heterocycles. The van der Waals surface area contributed by atoms with Crippen molar-refractivity contribution >= 4 is 5.91 Å². The molecule has 5 heteroatoms. The zero-order valence-electron chi connectivity index (χ0n) is 11.5. The molecule has 0 radical (unpaired) electrons. The van der Waals surface area contributed by atoms with E-state index < -0.39 is 0 Å². The molecule has 2 atom stereocenters. The first-order chi connectivity index (χ1) is 9.31. The smallest absolute Gasteiger partial charge is 0.230 e. The highest BCUT2D eigenvalue weighted by Crippen LogP contribution is 2.37. The van der Waals surface area contributed by atoms with E-state index in [2.05, 4.69) is 16.0 Å². The van der Waals surface area contributed by atoms with Gasteiger partial charge in [-0.05, 0) is 50.7 Å². The summed E-state index contributed by atoms with van der Waals surface area (Å²) in [4.78, 5) is 12.6. The minimum atomic E-state index is -0.300. The molecule has 3 N–H and O–H groups in total. The molecule has 0 aromatic heterocycles. The van der Waals surface area contributed by atoms with Crippen molar-refractivity contribution in [3.05, 3.63) is 0 Å². The summed E-state index contributed by atoms with van der Waals surface area (Å²) in [6.45, 7) is 6.12. The molecule has 108 valence electrons. The van der Waals surface area contributed by atoms with E-state index in [-0.39, 0.29) is 11.3 Å². The fourth-order valence-corrected chi connectivity index (χ4v) is 3.67. The average molecular weight is 267 g/mol. The van der Waals surface area contributed by atoms with Crippen LogP contribution in [0.25, 0.3) is 0 Å². The molecule has 0 aliphatic carbocycles. The topological polar surface area (TPSA) is 62.4 Å². The van der Waals surface area contributed by atoms with Gasteiger partial charge in [-0.15, -0.1) is 0 Å². The highest BCUT2D eigenvalue weighted by Gasteiger charge is 2.50. The maximum Gasteiger partial charge on any atom is 0.230 e. The second-order valence-corrected chi connectivity index (χ2v) is 6.23. The van der Waals surface area contributed by atoms with Gasteiger partial charge in [-0.3, -0.25) is 4.79 Å². The molecule has 1 amide bonds. The van der Waals surface area contributed by atoms with Crippen molar-refractivity contribution in [2.45, 2.75) is 19.3 Å². The van der Waals surface area contributed by atoms with Crippen molar-refractivity contribution in [2.75, 3.05) is 45.9 Å². The Hall–Kier alpha value is -0.650. The molecule has 0 aromatic carbocycles. The van der Waals surface area contributed by atoms with Gasteiger partial charge in [-0.1, -0.05) is 0 Å². The highest BCUT2D eigenvalue weighted by atomic mass is 16.5. The van der Waals surface area contributed by atoms with Gasteiger partial charge in [-0.25, -0.2) is 0 Å². The molecule has 0 bridgehead atoms. The second kappa shape index (κ2) is 5.77. The third-order valence-corrected chi connectivity index (χ3v) is 5.05. The van der Waals surface area contributed by atoms with E-state index in [1.807, 2.05) is 0 Å². The normalized spacial score (nSPS) is 35.9. The maximum atomic E-state index is 12.6. The van der Waals surface area contributed by atoms with E-state index in [0.717, 1.165) is 45.8 Å². The average Bonchev–Trinajstić information content (AvgIpc) is 2.91. The zero-order chi connectivity index (χ0) is 13.1. The number of carbonyl (C=O) groups excluding carboxylic acids is 1. The number of carbonyl (C=O) groups is 1. The van der Waals surface area contributed by atoms with Gasteiger partial charge in [0.2, 0.25) is 5.91 Å². The number of hydrogen-bond acceptors (Lipinski definition) is 4. The first-order valence-corrected chi connectivity index (χ1v) is 7.59. The van der Waals surface area contributed by atoms with Gasteiger partial charge in [0.15, 0.2) is 0 Å². The minimum absolute atomic E-state index is 0.209. The molecule has 3 rings (SSSR count). The van der Waals surface area contributed by atoms with E-state index in [0.29, 0.717) is 18.4 Å². The van der Waals surface area contributed by atoms with Gasteiger partial charge in [0.25, 0.3) is 0 Å². The lowest BCUT2D eigenvalue weighted by Crippen LogP contribution is -2.52. The molecular formula is C14H25N3O2. The summed E-state index contributed by atoms with van der Waals surface area (Å²) in [5.41, 5.74) is -0.300. The largest absolute Gasteiger partial charge is 0.380 e. The molecule has 3 heterocycles. The Bertz CT molecular complexity index is 331. The van der Waals surface area contributed by atoms with Crippen LogP contribution in [0, 0.1) is 17.3 Å². The van der Waals surface area contributed by atoms with Crippen LogP contribution < -0.4 is 16.0 Å². The molecule has 0 spiro atoms. The monoisotopic (exact) mass is 267 g/mol. The van der Waals surface area contributed by atoms with Crippen molar-refractivity contribution in [3.8, 4) is 0 Å². The Morgan fingerprint density at radius 2 is 2.11 bits per heavy atom. The zero-order valence-corrected chi connectivity index (χ0v) is 11.5. The standard InChI is InChI=1S/C14H25N3O2/c18-13(17-7-11-1-4-15-5-2-11)14-9-16-8-12(14)3-6-19-10-14/h11-12,15-16H,1-10H2,(H,17,18)/t12-,14+/m1/s1. The van der Waals surface area contributed by atoms with Crippen LogP contribution in [0.1, 0.15) is 19.3 Å². The second-order valence-electron chi connectivity index (χ2n) is 6.23. The summed E-state index contributed by atoms with van der Waals surface area (Å²) in [6.07, 6.45) is 3.35. The van der Waals surface area contributed by atoms with E-state index in [4.69, 9.17) is 4.74 Å². The number of hydrogen-bond donors (Lipinski definition) is 3. The maximum absolute atomic E-state index is 12.6. The quantitative estimate of drug-likeness (QED) is 0.659. The molecule has 5 nitrogen and oxygen atoms in total. The number of nitrogens with one attached hydrogen (secondary N) is 3. The van der Waals surface area contributed by atoms with Crippen LogP contribution in [0.5, 0.6) is 0 Å². The summed E-state index contributed by atoms with van der Waals surface area (Å²) in [6, 6.07) is 0. The molecule has 3 fully saturated rings. The van der Waals surface area contributed by atoms with Crippen molar-refractivity contribution < 1.29 is 9.53 Å². The fraction of sp³-hybridized carbons (Fsp3) is 0.929. The van der Waals surface area contributed by atoms with Crippen LogP contribution >= 0.6 is 0 Å².